The van der Waals surface area contributed by atoms with E-state index in [-0.39, 0.29) is 29.3 Å². The van der Waals surface area contributed by atoms with Crippen LogP contribution in [0.2, 0.25) is 0 Å². The minimum Gasteiger partial charge on any atom is -0.488 e. The standard InChI is InChI=1S/C25H27N9O3S.ClH/c26-24-29-22-20(23-28-21(30-34(23)24)19-2-1-13-36-19)38-25(35)33(22)12-9-31-7-10-32(11-8-31)16-3-5-17(6-4-16)37-18-14-27-15-18;/h1-6,13,18,27H,7-12,14-15H2,(H2,26,29);1H. The van der Waals surface area contributed by atoms with Crippen molar-refractivity contribution < 1.29 is 9.15 Å². The van der Waals surface area contributed by atoms with Crippen LogP contribution in [0.4, 0.5) is 11.6 Å². The van der Waals surface area contributed by atoms with Gasteiger partial charge in [-0.25, -0.2) is 4.98 Å². The molecule has 0 aliphatic carbocycles. The number of fused-ring (bicyclic) bond motifs is 3. The zero-order valence-electron chi connectivity index (χ0n) is 21.0. The van der Waals surface area contributed by atoms with Crippen molar-refractivity contribution in [2.75, 3.05) is 56.4 Å². The molecule has 0 radical (unpaired) electrons. The maximum atomic E-state index is 12.9. The minimum atomic E-state index is -0.0822. The van der Waals surface area contributed by atoms with Gasteiger partial charge < -0.3 is 25.1 Å². The topological polar surface area (TPSA) is 132 Å². The van der Waals surface area contributed by atoms with Gasteiger partial charge in [0.1, 0.15) is 16.6 Å². The van der Waals surface area contributed by atoms with Crippen molar-refractivity contribution in [3.8, 4) is 17.3 Å². The molecule has 4 aromatic heterocycles. The van der Waals surface area contributed by atoms with E-state index in [0.29, 0.717) is 34.1 Å². The number of nitrogens with one attached hydrogen (secondary N) is 1. The number of furan rings is 1. The summed E-state index contributed by atoms with van der Waals surface area (Å²) in [6.45, 7) is 6.79. The van der Waals surface area contributed by atoms with E-state index in [0.717, 1.165) is 62.9 Å². The SMILES string of the molecule is Cl.Nc1nc2c(sc(=O)n2CCN2CCN(c3ccc(OC4CNC4)cc3)CC2)c2nc(-c3ccco3)nn12. The summed E-state index contributed by atoms with van der Waals surface area (Å²) in [6.07, 6.45) is 1.84. The molecule has 0 atom stereocenters. The molecule has 2 aliphatic rings. The van der Waals surface area contributed by atoms with E-state index < -0.39 is 0 Å². The Hall–Kier alpha value is -3.65. The number of nitrogen functional groups attached to an aromatic ring is 1. The summed E-state index contributed by atoms with van der Waals surface area (Å²) in [7, 11) is 0. The van der Waals surface area contributed by atoms with Crippen molar-refractivity contribution in [3.05, 3.63) is 52.3 Å². The highest BCUT2D eigenvalue weighted by Crippen LogP contribution is 2.26. The molecule has 39 heavy (non-hydrogen) atoms. The summed E-state index contributed by atoms with van der Waals surface area (Å²) in [4.78, 5) is 26.7. The molecule has 1 aromatic carbocycles. The number of hydrogen-bond donors (Lipinski definition) is 2. The lowest BCUT2D eigenvalue weighted by atomic mass is 10.2. The summed E-state index contributed by atoms with van der Waals surface area (Å²) >= 11 is 1.12. The van der Waals surface area contributed by atoms with Gasteiger partial charge in [-0.2, -0.15) is 9.50 Å². The average Bonchev–Trinajstić information content (AvgIpc) is 3.65. The van der Waals surface area contributed by atoms with Crippen molar-refractivity contribution in [2.24, 2.45) is 0 Å². The number of hydrogen-bond acceptors (Lipinski definition) is 11. The predicted molar refractivity (Wildman–Crippen MR) is 152 cm³/mol. The van der Waals surface area contributed by atoms with Crippen LogP contribution >= 0.6 is 23.7 Å². The molecule has 204 valence electrons. The van der Waals surface area contributed by atoms with Gasteiger partial charge in [0.25, 0.3) is 0 Å². The summed E-state index contributed by atoms with van der Waals surface area (Å²) in [5.41, 5.74) is 8.46. The first-order valence-electron chi connectivity index (χ1n) is 12.7. The molecule has 6 heterocycles. The van der Waals surface area contributed by atoms with Gasteiger partial charge in [-0.05, 0) is 36.4 Å². The highest BCUT2D eigenvalue weighted by atomic mass is 35.5. The van der Waals surface area contributed by atoms with Gasteiger partial charge in [-0.1, -0.05) is 11.3 Å². The first kappa shape index (κ1) is 25.6. The highest BCUT2D eigenvalue weighted by molar-refractivity contribution is 7.17. The smallest absolute Gasteiger partial charge is 0.309 e. The van der Waals surface area contributed by atoms with Crippen LogP contribution in [-0.2, 0) is 6.54 Å². The van der Waals surface area contributed by atoms with E-state index >= 15 is 0 Å². The Kier molecular flexibility index (Phi) is 6.89. The molecular formula is C25H28ClN9O3S. The minimum absolute atomic E-state index is 0. The predicted octanol–water partition coefficient (Wildman–Crippen LogP) is 1.94. The molecule has 2 aliphatic heterocycles. The molecule has 7 rings (SSSR count). The number of ether oxygens (including phenoxy) is 1. The first-order chi connectivity index (χ1) is 18.6. The third-order valence-electron chi connectivity index (χ3n) is 7.12. The number of nitrogens with zero attached hydrogens (tertiary/aromatic N) is 7. The number of thiazole rings is 1. The van der Waals surface area contributed by atoms with Crippen molar-refractivity contribution in [3.63, 3.8) is 0 Å². The zero-order valence-corrected chi connectivity index (χ0v) is 22.7. The number of piperazine rings is 1. The fourth-order valence-electron chi connectivity index (χ4n) is 4.88. The monoisotopic (exact) mass is 569 g/mol. The number of anilines is 2. The van der Waals surface area contributed by atoms with Gasteiger partial charge >= 0.3 is 4.87 Å². The van der Waals surface area contributed by atoms with Crippen molar-refractivity contribution >= 4 is 51.4 Å². The number of benzene rings is 1. The third-order valence-corrected chi connectivity index (χ3v) is 8.08. The van der Waals surface area contributed by atoms with Crippen LogP contribution in [0.25, 0.3) is 27.6 Å². The lowest BCUT2D eigenvalue weighted by Crippen LogP contribution is -2.50. The Bertz CT molecular complexity index is 1640. The van der Waals surface area contributed by atoms with Gasteiger partial charge in [0.2, 0.25) is 11.8 Å². The van der Waals surface area contributed by atoms with Crippen LogP contribution in [-0.4, -0.2) is 81.0 Å². The number of halogens is 1. The Morgan fingerprint density at radius 2 is 1.85 bits per heavy atom. The average molecular weight is 570 g/mol. The number of nitrogens with two attached hydrogens (primary N) is 1. The third kappa shape index (κ3) is 4.82. The zero-order chi connectivity index (χ0) is 25.6. The first-order valence-corrected chi connectivity index (χ1v) is 13.5. The molecule has 0 spiro atoms. The number of rotatable bonds is 7. The maximum absolute atomic E-state index is 12.9. The van der Waals surface area contributed by atoms with E-state index in [9.17, 15) is 4.79 Å². The highest BCUT2D eigenvalue weighted by Gasteiger charge is 2.22. The molecule has 5 aromatic rings. The molecule has 0 saturated carbocycles. The van der Waals surface area contributed by atoms with Gasteiger partial charge in [0, 0.05) is 58.0 Å². The Morgan fingerprint density at radius 3 is 2.54 bits per heavy atom. The lowest BCUT2D eigenvalue weighted by molar-refractivity contribution is 0.142. The van der Waals surface area contributed by atoms with Gasteiger partial charge in [-0.3, -0.25) is 14.3 Å². The molecular weight excluding hydrogens is 542 g/mol. The Balaban J connectivity index is 0.00000277. The molecule has 12 nitrogen and oxygen atoms in total. The molecule has 0 bridgehead atoms. The summed E-state index contributed by atoms with van der Waals surface area (Å²) in [6, 6.07) is 11.9. The van der Waals surface area contributed by atoms with Gasteiger partial charge in [0.05, 0.1) is 6.26 Å². The van der Waals surface area contributed by atoms with Gasteiger partial charge in [0.15, 0.2) is 17.1 Å². The number of aromatic nitrogens is 5. The van der Waals surface area contributed by atoms with E-state index in [4.69, 9.17) is 14.9 Å². The van der Waals surface area contributed by atoms with E-state index in [2.05, 4.69) is 54.4 Å². The Morgan fingerprint density at radius 1 is 1.05 bits per heavy atom. The summed E-state index contributed by atoms with van der Waals surface area (Å²) < 4.78 is 15.2. The fraction of sp³-hybridized carbons (Fsp3) is 0.360. The van der Waals surface area contributed by atoms with Crippen molar-refractivity contribution in [1.29, 1.82) is 0 Å². The second-order valence-corrected chi connectivity index (χ2v) is 10.5. The molecule has 3 N–H and O–H groups in total. The van der Waals surface area contributed by atoms with Crippen LogP contribution in [0.3, 0.4) is 0 Å². The fourth-order valence-corrected chi connectivity index (χ4v) is 5.81. The Labute approximate surface area is 233 Å². The van der Waals surface area contributed by atoms with Crippen LogP contribution in [0.1, 0.15) is 0 Å². The van der Waals surface area contributed by atoms with Crippen LogP contribution < -0.4 is 25.6 Å². The quantitative estimate of drug-likeness (QED) is 0.300. The van der Waals surface area contributed by atoms with Crippen LogP contribution in [0, 0.1) is 0 Å². The molecule has 14 heteroatoms. The summed E-state index contributed by atoms with van der Waals surface area (Å²) in [5, 5.41) is 7.64. The molecule has 0 unspecified atom stereocenters. The van der Waals surface area contributed by atoms with Gasteiger partial charge in [-0.15, -0.1) is 17.5 Å². The van der Waals surface area contributed by atoms with Crippen LogP contribution in [0.5, 0.6) is 5.75 Å². The molecule has 2 saturated heterocycles. The van der Waals surface area contributed by atoms with Crippen molar-refractivity contribution in [2.45, 2.75) is 12.6 Å². The normalized spacial score (nSPS) is 16.5. The molecule has 0 amide bonds. The van der Waals surface area contributed by atoms with E-state index in [1.165, 1.54) is 10.2 Å². The van der Waals surface area contributed by atoms with Crippen molar-refractivity contribution in [1.82, 2.24) is 34.4 Å². The van der Waals surface area contributed by atoms with E-state index in [1.807, 2.05) is 0 Å². The molecule has 2 fully saturated rings. The second-order valence-electron chi connectivity index (χ2n) is 9.51. The second kappa shape index (κ2) is 10.5. The van der Waals surface area contributed by atoms with Crippen LogP contribution in [0.15, 0.2) is 51.9 Å². The largest absolute Gasteiger partial charge is 0.488 e. The maximum Gasteiger partial charge on any atom is 0.309 e. The van der Waals surface area contributed by atoms with E-state index in [1.54, 1.807) is 23.0 Å². The lowest BCUT2D eigenvalue weighted by Gasteiger charge is -2.36. The summed E-state index contributed by atoms with van der Waals surface area (Å²) in [5.74, 6) is 2.03.